The van der Waals surface area contributed by atoms with Crippen LogP contribution in [0.5, 0.6) is 11.5 Å². The van der Waals surface area contributed by atoms with Crippen LogP contribution in [0.25, 0.3) is 0 Å². The Morgan fingerprint density at radius 2 is 1.81 bits per heavy atom. The molecule has 9 heteroatoms. The molecule has 32 heavy (non-hydrogen) atoms. The van der Waals surface area contributed by atoms with Crippen LogP contribution in [-0.2, 0) is 16.1 Å². The van der Waals surface area contributed by atoms with Crippen molar-refractivity contribution in [2.24, 2.45) is 0 Å². The van der Waals surface area contributed by atoms with Crippen molar-refractivity contribution < 1.29 is 19.0 Å². The zero-order chi connectivity index (χ0) is 22.5. The largest absolute Gasteiger partial charge is 0.490 e. The molecule has 0 amide bonds. The molecule has 1 atom stereocenters. The first-order valence-electron chi connectivity index (χ1n) is 10.5. The maximum Gasteiger partial charge on any atom is 0.338 e. The Hall–Kier alpha value is -3.88. The monoisotopic (exact) mass is 435 g/mol. The normalized spacial score (nSPS) is 15.0. The summed E-state index contributed by atoms with van der Waals surface area (Å²) in [5.74, 6) is 1.23. The van der Waals surface area contributed by atoms with E-state index < -0.39 is 12.0 Å². The highest BCUT2D eigenvalue weighted by atomic mass is 16.5. The van der Waals surface area contributed by atoms with Gasteiger partial charge < -0.3 is 19.5 Å². The van der Waals surface area contributed by atoms with Crippen LogP contribution < -0.4 is 14.8 Å². The van der Waals surface area contributed by atoms with Crippen molar-refractivity contribution in [2.45, 2.75) is 33.4 Å². The number of esters is 1. The average Bonchev–Trinajstić information content (AvgIpc) is 3.27. The molecule has 9 nitrogen and oxygen atoms in total. The molecule has 0 radical (unpaired) electrons. The highest BCUT2D eigenvalue weighted by molar-refractivity contribution is 5.92. The molecule has 0 fully saturated rings. The van der Waals surface area contributed by atoms with Gasteiger partial charge in [-0.3, -0.25) is 0 Å². The maximum atomic E-state index is 13.2. The number of rotatable bonds is 8. The van der Waals surface area contributed by atoms with Crippen LogP contribution in [0.3, 0.4) is 0 Å². The van der Waals surface area contributed by atoms with Crippen LogP contribution in [0.15, 0.2) is 59.8 Å². The highest BCUT2D eigenvalue weighted by Crippen LogP contribution is 2.38. The summed E-state index contributed by atoms with van der Waals surface area (Å²) in [6.07, 6.45) is 0. The number of aromatic nitrogens is 4. The summed E-state index contributed by atoms with van der Waals surface area (Å²) in [5.41, 5.74) is 2.73. The number of nitrogens with one attached hydrogen (secondary N) is 1. The molecule has 2 heterocycles. The van der Waals surface area contributed by atoms with E-state index in [9.17, 15) is 4.79 Å². The standard InChI is InChI=1S/C23H25N5O4/c1-4-30-18-12-11-17(13-19(18)31-5-2)21-20(15(3)24-23-25-26-27-28(21)23)22(29)32-14-16-9-7-6-8-10-16/h6-13,21H,4-5,14H2,1-3H3,(H,24,25,27)/t21-/m0/s1. The zero-order valence-corrected chi connectivity index (χ0v) is 18.2. The fourth-order valence-corrected chi connectivity index (χ4v) is 3.62. The summed E-state index contributed by atoms with van der Waals surface area (Å²) in [5, 5.41) is 15.0. The third-order valence-corrected chi connectivity index (χ3v) is 5.03. The molecule has 2 aromatic carbocycles. The first kappa shape index (κ1) is 21.4. The second-order valence-corrected chi connectivity index (χ2v) is 7.15. The van der Waals surface area contributed by atoms with E-state index in [1.54, 1.807) is 4.68 Å². The van der Waals surface area contributed by atoms with Crippen molar-refractivity contribution in [2.75, 3.05) is 18.5 Å². The Kier molecular flexibility index (Phi) is 6.34. The van der Waals surface area contributed by atoms with E-state index in [1.165, 1.54) is 0 Å². The molecule has 0 saturated carbocycles. The topological polar surface area (TPSA) is 100 Å². The van der Waals surface area contributed by atoms with Crippen LogP contribution in [0.4, 0.5) is 5.95 Å². The number of hydrogen-bond donors (Lipinski definition) is 1. The van der Waals surface area contributed by atoms with Crippen molar-refractivity contribution >= 4 is 11.9 Å². The van der Waals surface area contributed by atoms with E-state index in [4.69, 9.17) is 14.2 Å². The highest BCUT2D eigenvalue weighted by Gasteiger charge is 2.35. The Labute approximate surface area is 186 Å². The minimum Gasteiger partial charge on any atom is -0.490 e. The molecule has 0 unspecified atom stereocenters. The molecule has 166 valence electrons. The summed E-state index contributed by atoms with van der Waals surface area (Å²) < 4.78 is 18.7. The molecule has 4 rings (SSSR count). The Morgan fingerprint density at radius 1 is 1.06 bits per heavy atom. The van der Waals surface area contributed by atoms with Gasteiger partial charge in [-0.05, 0) is 54.5 Å². The maximum absolute atomic E-state index is 13.2. The van der Waals surface area contributed by atoms with Gasteiger partial charge in [-0.25, -0.2) is 4.79 Å². The van der Waals surface area contributed by atoms with Gasteiger partial charge in [-0.15, -0.1) is 0 Å². The fourth-order valence-electron chi connectivity index (χ4n) is 3.62. The lowest BCUT2D eigenvalue weighted by Crippen LogP contribution is -2.29. The quantitative estimate of drug-likeness (QED) is 0.537. The van der Waals surface area contributed by atoms with Crippen molar-refractivity contribution in [1.82, 2.24) is 20.2 Å². The smallest absolute Gasteiger partial charge is 0.338 e. The second-order valence-electron chi connectivity index (χ2n) is 7.15. The lowest BCUT2D eigenvalue weighted by molar-refractivity contribution is -0.140. The average molecular weight is 435 g/mol. The molecule has 3 aromatic rings. The molecule has 0 saturated heterocycles. The lowest BCUT2D eigenvalue weighted by atomic mass is 9.95. The molecule has 0 spiro atoms. The summed E-state index contributed by atoms with van der Waals surface area (Å²) >= 11 is 0. The number of carbonyl (C=O) groups is 1. The van der Waals surface area contributed by atoms with Gasteiger partial charge in [0, 0.05) is 5.70 Å². The van der Waals surface area contributed by atoms with Crippen LogP contribution in [-0.4, -0.2) is 39.4 Å². The van der Waals surface area contributed by atoms with Crippen molar-refractivity contribution in [3.63, 3.8) is 0 Å². The van der Waals surface area contributed by atoms with Gasteiger partial charge in [0.1, 0.15) is 12.6 Å². The third kappa shape index (κ3) is 4.27. The number of fused-ring (bicyclic) bond motifs is 1. The summed E-state index contributed by atoms with van der Waals surface area (Å²) in [6.45, 7) is 6.79. The van der Waals surface area contributed by atoms with E-state index in [0.717, 1.165) is 11.1 Å². The molecule has 0 aliphatic carbocycles. The summed E-state index contributed by atoms with van der Waals surface area (Å²) in [7, 11) is 0. The minimum absolute atomic E-state index is 0.166. The summed E-state index contributed by atoms with van der Waals surface area (Å²) in [6, 6.07) is 14.5. The number of tetrazole rings is 1. The van der Waals surface area contributed by atoms with E-state index in [1.807, 2.05) is 69.3 Å². The van der Waals surface area contributed by atoms with Gasteiger partial charge >= 0.3 is 5.97 Å². The van der Waals surface area contributed by atoms with E-state index in [0.29, 0.717) is 41.9 Å². The first-order valence-corrected chi connectivity index (χ1v) is 10.5. The van der Waals surface area contributed by atoms with E-state index in [2.05, 4.69) is 20.8 Å². The molecule has 1 aliphatic rings. The molecular weight excluding hydrogens is 410 g/mol. The zero-order valence-electron chi connectivity index (χ0n) is 18.2. The first-order chi connectivity index (χ1) is 15.6. The summed E-state index contributed by atoms with van der Waals surface area (Å²) in [4.78, 5) is 13.2. The van der Waals surface area contributed by atoms with Crippen LogP contribution in [0, 0.1) is 0 Å². The molecular formula is C23H25N5O4. The van der Waals surface area contributed by atoms with Crippen molar-refractivity contribution in [3.05, 3.63) is 70.9 Å². The van der Waals surface area contributed by atoms with Crippen molar-refractivity contribution in [1.29, 1.82) is 0 Å². The predicted molar refractivity (Wildman–Crippen MR) is 117 cm³/mol. The van der Waals surface area contributed by atoms with Gasteiger partial charge in [0.05, 0.1) is 18.8 Å². The van der Waals surface area contributed by atoms with Crippen molar-refractivity contribution in [3.8, 4) is 11.5 Å². The van der Waals surface area contributed by atoms with Gasteiger partial charge in [-0.2, -0.15) is 4.68 Å². The number of anilines is 1. The Bertz CT molecular complexity index is 1130. The SMILES string of the molecule is CCOc1ccc([C@H]2C(C(=O)OCc3ccccc3)=C(C)Nc3nnnn32)cc1OCC. The molecule has 1 aliphatic heterocycles. The van der Waals surface area contributed by atoms with Crippen LogP contribution in [0.1, 0.15) is 37.9 Å². The molecule has 1 aromatic heterocycles. The van der Waals surface area contributed by atoms with E-state index in [-0.39, 0.29) is 6.61 Å². The number of carbonyl (C=O) groups excluding carboxylic acids is 1. The lowest BCUT2D eigenvalue weighted by Gasteiger charge is -2.28. The number of nitrogens with zero attached hydrogens (tertiary/aromatic N) is 4. The Balaban J connectivity index is 1.70. The van der Waals surface area contributed by atoms with E-state index >= 15 is 0 Å². The molecule has 0 bridgehead atoms. The van der Waals surface area contributed by atoms with Gasteiger partial charge in [0.25, 0.3) is 0 Å². The van der Waals surface area contributed by atoms with Gasteiger partial charge in [-0.1, -0.05) is 41.5 Å². The number of benzene rings is 2. The fraction of sp³-hybridized carbons (Fsp3) is 0.304. The van der Waals surface area contributed by atoms with Gasteiger partial charge in [0.15, 0.2) is 11.5 Å². The second kappa shape index (κ2) is 9.51. The number of ether oxygens (including phenoxy) is 3. The van der Waals surface area contributed by atoms with Crippen LogP contribution in [0.2, 0.25) is 0 Å². The minimum atomic E-state index is -0.584. The third-order valence-electron chi connectivity index (χ3n) is 5.03. The number of allylic oxidation sites excluding steroid dienone is 1. The molecule has 1 N–H and O–H groups in total. The van der Waals surface area contributed by atoms with Crippen LogP contribution >= 0.6 is 0 Å². The number of hydrogen-bond acceptors (Lipinski definition) is 8. The Morgan fingerprint density at radius 3 is 2.56 bits per heavy atom. The predicted octanol–water partition coefficient (Wildman–Crippen LogP) is 3.50. The van der Waals surface area contributed by atoms with Gasteiger partial charge in [0.2, 0.25) is 5.95 Å².